The number of nitrogens with one attached hydrogen (secondary N) is 2. The standard InChI is InChI=1S/C19H22N2O3/c1-14-11-17-18(24-10-9-23-17)12-16(14)7-8-20-19(22)21-13-15-5-3-2-4-6-15/h2-6,11-12H,7-10,13H2,1H3,(H2,20,21,22). The summed E-state index contributed by atoms with van der Waals surface area (Å²) in [6, 6.07) is 13.7. The van der Waals surface area contributed by atoms with E-state index in [2.05, 4.69) is 10.6 Å². The highest BCUT2D eigenvalue weighted by Crippen LogP contribution is 2.33. The third-order valence-electron chi connectivity index (χ3n) is 3.98. The van der Waals surface area contributed by atoms with Gasteiger partial charge in [-0.1, -0.05) is 30.3 Å². The molecule has 24 heavy (non-hydrogen) atoms. The molecular weight excluding hydrogens is 304 g/mol. The average Bonchev–Trinajstić information content (AvgIpc) is 2.61. The topological polar surface area (TPSA) is 59.6 Å². The summed E-state index contributed by atoms with van der Waals surface area (Å²) in [4.78, 5) is 11.9. The Labute approximate surface area is 142 Å². The second-order valence-electron chi connectivity index (χ2n) is 5.77. The van der Waals surface area contributed by atoms with E-state index < -0.39 is 0 Å². The number of ether oxygens (including phenoxy) is 2. The van der Waals surface area contributed by atoms with Gasteiger partial charge >= 0.3 is 6.03 Å². The molecule has 0 unspecified atom stereocenters. The fraction of sp³-hybridized carbons (Fsp3) is 0.316. The van der Waals surface area contributed by atoms with Crippen LogP contribution < -0.4 is 20.1 Å². The Bertz CT molecular complexity index is 701. The molecule has 2 aromatic rings. The van der Waals surface area contributed by atoms with E-state index in [-0.39, 0.29) is 6.03 Å². The Morgan fingerprint density at radius 3 is 2.50 bits per heavy atom. The number of rotatable bonds is 5. The molecule has 0 saturated carbocycles. The van der Waals surface area contributed by atoms with Crippen molar-refractivity contribution in [3.05, 3.63) is 59.2 Å². The highest BCUT2D eigenvalue weighted by molar-refractivity contribution is 5.73. The normalized spacial score (nSPS) is 12.5. The van der Waals surface area contributed by atoms with Gasteiger partial charge in [-0.25, -0.2) is 4.79 Å². The number of aryl methyl sites for hydroxylation is 1. The highest BCUT2D eigenvalue weighted by atomic mass is 16.6. The summed E-state index contributed by atoms with van der Waals surface area (Å²) >= 11 is 0. The van der Waals surface area contributed by atoms with Crippen molar-refractivity contribution in [3.63, 3.8) is 0 Å². The van der Waals surface area contributed by atoms with E-state index in [0.29, 0.717) is 26.3 Å². The monoisotopic (exact) mass is 326 g/mol. The van der Waals surface area contributed by atoms with Crippen LogP contribution in [0.4, 0.5) is 4.79 Å². The second kappa shape index (κ2) is 7.73. The van der Waals surface area contributed by atoms with Gasteiger partial charge in [-0.3, -0.25) is 0 Å². The van der Waals surface area contributed by atoms with E-state index in [0.717, 1.165) is 34.6 Å². The number of hydrogen-bond donors (Lipinski definition) is 2. The van der Waals surface area contributed by atoms with Gasteiger partial charge in [-0.15, -0.1) is 0 Å². The quantitative estimate of drug-likeness (QED) is 0.888. The minimum absolute atomic E-state index is 0.158. The molecule has 2 amide bonds. The van der Waals surface area contributed by atoms with Crippen LogP contribution >= 0.6 is 0 Å². The van der Waals surface area contributed by atoms with Crippen LogP contribution in [0.3, 0.4) is 0 Å². The molecule has 5 heteroatoms. The Hall–Kier alpha value is -2.69. The summed E-state index contributed by atoms with van der Waals surface area (Å²) in [6.07, 6.45) is 0.751. The van der Waals surface area contributed by atoms with Crippen LogP contribution in [0.5, 0.6) is 11.5 Å². The Kier molecular flexibility index (Phi) is 5.21. The largest absolute Gasteiger partial charge is 0.486 e. The number of hydrogen-bond acceptors (Lipinski definition) is 3. The van der Waals surface area contributed by atoms with Crippen LogP contribution in [0.25, 0.3) is 0 Å². The number of carbonyl (C=O) groups is 1. The number of urea groups is 1. The number of amides is 2. The summed E-state index contributed by atoms with van der Waals surface area (Å²) in [7, 11) is 0. The SMILES string of the molecule is Cc1cc2c(cc1CCNC(=O)NCc1ccccc1)OCCO2. The van der Waals surface area contributed by atoms with Crippen molar-refractivity contribution in [2.45, 2.75) is 19.9 Å². The lowest BCUT2D eigenvalue weighted by molar-refractivity contribution is 0.171. The molecule has 0 saturated heterocycles. The predicted molar refractivity (Wildman–Crippen MR) is 92.6 cm³/mol. The third-order valence-corrected chi connectivity index (χ3v) is 3.98. The van der Waals surface area contributed by atoms with E-state index in [1.807, 2.05) is 49.4 Å². The van der Waals surface area contributed by atoms with Crippen LogP contribution in [0.1, 0.15) is 16.7 Å². The van der Waals surface area contributed by atoms with Gasteiger partial charge in [-0.2, -0.15) is 0 Å². The zero-order chi connectivity index (χ0) is 16.8. The Morgan fingerprint density at radius 2 is 1.75 bits per heavy atom. The molecule has 1 heterocycles. The lowest BCUT2D eigenvalue weighted by Gasteiger charge is -2.20. The lowest BCUT2D eigenvalue weighted by atomic mass is 10.0. The van der Waals surface area contributed by atoms with Crippen molar-refractivity contribution < 1.29 is 14.3 Å². The minimum atomic E-state index is -0.158. The van der Waals surface area contributed by atoms with Crippen molar-refractivity contribution >= 4 is 6.03 Å². The molecule has 0 atom stereocenters. The maximum atomic E-state index is 11.9. The predicted octanol–water partition coefficient (Wildman–Crippen LogP) is 2.81. The van der Waals surface area contributed by atoms with Gasteiger partial charge in [0, 0.05) is 13.1 Å². The summed E-state index contributed by atoms with van der Waals surface area (Å²) in [5.74, 6) is 1.59. The summed E-state index contributed by atoms with van der Waals surface area (Å²) in [6.45, 7) is 4.31. The lowest BCUT2D eigenvalue weighted by Crippen LogP contribution is -2.36. The van der Waals surface area contributed by atoms with Crippen molar-refractivity contribution in [3.8, 4) is 11.5 Å². The Morgan fingerprint density at radius 1 is 1.04 bits per heavy atom. The Balaban J connectivity index is 1.47. The zero-order valence-electron chi connectivity index (χ0n) is 13.8. The first kappa shape index (κ1) is 16.2. The molecule has 126 valence electrons. The van der Waals surface area contributed by atoms with Crippen molar-refractivity contribution in [2.75, 3.05) is 19.8 Å². The molecule has 2 N–H and O–H groups in total. The van der Waals surface area contributed by atoms with Gasteiger partial charge in [-0.05, 0) is 42.2 Å². The fourth-order valence-electron chi connectivity index (χ4n) is 2.65. The summed E-state index contributed by atoms with van der Waals surface area (Å²) in [5, 5.41) is 5.74. The minimum Gasteiger partial charge on any atom is -0.486 e. The maximum Gasteiger partial charge on any atom is 0.315 e. The number of fused-ring (bicyclic) bond motifs is 1. The molecule has 2 aromatic carbocycles. The molecule has 3 rings (SSSR count). The van der Waals surface area contributed by atoms with E-state index in [9.17, 15) is 4.79 Å². The van der Waals surface area contributed by atoms with Crippen LogP contribution in [0, 0.1) is 6.92 Å². The van der Waals surface area contributed by atoms with Gasteiger partial charge in [0.15, 0.2) is 11.5 Å². The third kappa shape index (κ3) is 4.19. The zero-order valence-corrected chi connectivity index (χ0v) is 13.8. The smallest absolute Gasteiger partial charge is 0.315 e. The first-order chi connectivity index (χ1) is 11.7. The van der Waals surface area contributed by atoms with E-state index >= 15 is 0 Å². The highest BCUT2D eigenvalue weighted by Gasteiger charge is 2.14. The first-order valence-electron chi connectivity index (χ1n) is 8.17. The van der Waals surface area contributed by atoms with Gasteiger partial charge in [0.1, 0.15) is 13.2 Å². The van der Waals surface area contributed by atoms with E-state index in [1.165, 1.54) is 0 Å². The molecular formula is C19H22N2O3. The second-order valence-corrected chi connectivity index (χ2v) is 5.77. The van der Waals surface area contributed by atoms with Crippen molar-refractivity contribution in [1.82, 2.24) is 10.6 Å². The van der Waals surface area contributed by atoms with Crippen LogP contribution in [-0.4, -0.2) is 25.8 Å². The van der Waals surface area contributed by atoms with Crippen molar-refractivity contribution in [2.24, 2.45) is 0 Å². The van der Waals surface area contributed by atoms with Gasteiger partial charge < -0.3 is 20.1 Å². The van der Waals surface area contributed by atoms with Gasteiger partial charge in [0.2, 0.25) is 0 Å². The molecule has 0 spiro atoms. The number of benzene rings is 2. The number of carbonyl (C=O) groups excluding carboxylic acids is 1. The van der Waals surface area contributed by atoms with Crippen LogP contribution in [0.2, 0.25) is 0 Å². The maximum absolute atomic E-state index is 11.9. The van der Waals surface area contributed by atoms with Crippen molar-refractivity contribution in [1.29, 1.82) is 0 Å². The van der Waals surface area contributed by atoms with Gasteiger partial charge in [0.05, 0.1) is 0 Å². The first-order valence-corrected chi connectivity index (χ1v) is 8.17. The van der Waals surface area contributed by atoms with Gasteiger partial charge in [0.25, 0.3) is 0 Å². The van der Waals surface area contributed by atoms with Crippen LogP contribution in [-0.2, 0) is 13.0 Å². The van der Waals surface area contributed by atoms with E-state index in [4.69, 9.17) is 9.47 Å². The molecule has 0 bridgehead atoms. The molecule has 0 aromatic heterocycles. The summed E-state index contributed by atoms with van der Waals surface area (Å²) < 4.78 is 11.2. The molecule has 5 nitrogen and oxygen atoms in total. The molecule has 1 aliphatic rings. The molecule has 0 aliphatic carbocycles. The van der Waals surface area contributed by atoms with Crippen LogP contribution in [0.15, 0.2) is 42.5 Å². The summed E-state index contributed by atoms with van der Waals surface area (Å²) in [5.41, 5.74) is 3.38. The molecule has 0 fully saturated rings. The fourth-order valence-corrected chi connectivity index (χ4v) is 2.65. The molecule has 0 radical (unpaired) electrons. The molecule has 1 aliphatic heterocycles. The van der Waals surface area contributed by atoms with E-state index in [1.54, 1.807) is 0 Å². The average molecular weight is 326 g/mol.